The van der Waals surface area contributed by atoms with Crippen LogP contribution in [0.3, 0.4) is 0 Å². The first-order valence-corrected chi connectivity index (χ1v) is 2.51. The fraction of sp³-hybridized carbons (Fsp3) is 0.250. The molecule has 0 spiro atoms. The van der Waals surface area contributed by atoms with Crippen LogP contribution in [0.4, 0.5) is 5.82 Å². The molecule has 0 atom stereocenters. The Hall–Kier alpha value is -1.59. The Kier molecular flexibility index (Phi) is 1.29. The van der Waals surface area contributed by atoms with Gasteiger partial charge < -0.3 is 10.1 Å². The van der Waals surface area contributed by atoms with Gasteiger partial charge in [0, 0.05) is 0 Å². The van der Waals surface area contributed by atoms with E-state index in [2.05, 4.69) is 4.98 Å². The third-order valence-corrected chi connectivity index (χ3v) is 1.16. The van der Waals surface area contributed by atoms with Gasteiger partial charge in [-0.15, -0.1) is 0 Å². The molecule has 0 fully saturated rings. The second kappa shape index (κ2) is 1.98. The number of imidazole rings is 1. The zero-order chi connectivity index (χ0) is 7.72. The molecule has 0 bridgehead atoms. The van der Waals surface area contributed by atoms with E-state index in [1.165, 1.54) is 7.05 Å². The SMILES string of the molecule is Cn1c([N+](=O)[O-])c[nH]c1=O. The summed E-state index contributed by atoms with van der Waals surface area (Å²) in [7, 11) is 1.33. The molecule has 0 aliphatic heterocycles. The number of hydrogen-bond acceptors (Lipinski definition) is 3. The number of rotatable bonds is 1. The highest BCUT2D eigenvalue weighted by Crippen LogP contribution is 2.01. The number of aromatic nitrogens is 2. The van der Waals surface area contributed by atoms with Crippen molar-refractivity contribution in [2.24, 2.45) is 7.05 Å². The summed E-state index contributed by atoms with van der Waals surface area (Å²) in [4.78, 5) is 22.2. The van der Waals surface area contributed by atoms with Gasteiger partial charge in [0.25, 0.3) is 0 Å². The van der Waals surface area contributed by atoms with E-state index in [9.17, 15) is 14.9 Å². The molecular weight excluding hydrogens is 138 g/mol. The van der Waals surface area contributed by atoms with Crippen molar-refractivity contribution in [2.75, 3.05) is 0 Å². The Bertz CT molecular complexity index is 310. The minimum absolute atomic E-state index is 0.231. The molecule has 1 N–H and O–H groups in total. The summed E-state index contributed by atoms with van der Waals surface area (Å²) in [5.74, 6) is -0.231. The minimum Gasteiger partial charge on any atom is -0.358 e. The monoisotopic (exact) mass is 143 g/mol. The van der Waals surface area contributed by atoms with Crippen LogP contribution in [-0.2, 0) is 7.05 Å². The third kappa shape index (κ3) is 0.790. The Labute approximate surface area is 55.2 Å². The maximum Gasteiger partial charge on any atom is 0.413 e. The first-order valence-electron chi connectivity index (χ1n) is 2.51. The van der Waals surface area contributed by atoms with Gasteiger partial charge in [-0.3, -0.25) is 4.98 Å². The molecule has 0 radical (unpaired) electrons. The van der Waals surface area contributed by atoms with E-state index in [1.807, 2.05) is 0 Å². The summed E-state index contributed by atoms with van der Waals surface area (Å²) < 4.78 is 0.931. The van der Waals surface area contributed by atoms with Crippen LogP contribution >= 0.6 is 0 Å². The van der Waals surface area contributed by atoms with Crippen molar-refractivity contribution >= 4 is 5.82 Å². The molecule has 6 heteroatoms. The number of nitrogens with one attached hydrogen (secondary N) is 1. The molecule has 0 unspecified atom stereocenters. The van der Waals surface area contributed by atoms with Crippen molar-refractivity contribution in [3.8, 4) is 0 Å². The molecule has 0 aliphatic rings. The highest BCUT2D eigenvalue weighted by Gasteiger charge is 2.10. The lowest BCUT2D eigenvalue weighted by atomic mass is 10.8. The fourth-order valence-corrected chi connectivity index (χ4v) is 0.599. The van der Waals surface area contributed by atoms with E-state index in [4.69, 9.17) is 0 Å². The highest BCUT2D eigenvalue weighted by atomic mass is 16.6. The lowest BCUT2D eigenvalue weighted by Gasteiger charge is -1.89. The van der Waals surface area contributed by atoms with Gasteiger partial charge in [0.15, 0.2) is 0 Å². The Balaban J connectivity index is 3.31. The van der Waals surface area contributed by atoms with Gasteiger partial charge in [-0.1, -0.05) is 0 Å². The van der Waals surface area contributed by atoms with Gasteiger partial charge >= 0.3 is 11.5 Å². The van der Waals surface area contributed by atoms with Crippen LogP contribution in [0.25, 0.3) is 0 Å². The van der Waals surface area contributed by atoms with Crippen molar-refractivity contribution in [1.82, 2.24) is 9.55 Å². The number of aromatic amines is 1. The third-order valence-electron chi connectivity index (χ3n) is 1.16. The number of hydrogen-bond donors (Lipinski definition) is 1. The molecule has 0 aliphatic carbocycles. The molecule has 0 saturated heterocycles. The quantitative estimate of drug-likeness (QED) is 0.429. The average molecular weight is 143 g/mol. The van der Waals surface area contributed by atoms with Gasteiger partial charge in [-0.05, 0) is 4.92 Å². The van der Waals surface area contributed by atoms with E-state index in [1.54, 1.807) is 0 Å². The van der Waals surface area contributed by atoms with Crippen LogP contribution < -0.4 is 5.69 Å². The topological polar surface area (TPSA) is 80.9 Å². The predicted octanol–water partition coefficient (Wildman–Crippen LogP) is -0.378. The zero-order valence-corrected chi connectivity index (χ0v) is 5.20. The lowest BCUT2D eigenvalue weighted by molar-refractivity contribution is -0.391. The smallest absolute Gasteiger partial charge is 0.358 e. The average Bonchev–Trinajstić information content (AvgIpc) is 2.14. The molecule has 10 heavy (non-hydrogen) atoms. The largest absolute Gasteiger partial charge is 0.413 e. The highest BCUT2D eigenvalue weighted by molar-refractivity contribution is 5.13. The first-order chi connectivity index (χ1) is 4.63. The van der Waals surface area contributed by atoms with Crippen molar-refractivity contribution in [2.45, 2.75) is 0 Å². The fourth-order valence-electron chi connectivity index (χ4n) is 0.599. The molecular formula is C4H5N3O3. The molecule has 1 aromatic heterocycles. The van der Waals surface area contributed by atoms with E-state index in [0.29, 0.717) is 0 Å². The van der Waals surface area contributed by atoms with Crippen LogP contribution in [-0.4, -0.2) is 14.5 Å². The van der Waals surface area contributed by atoms with Gasteiger partial charge in [0.05, 0.1) is 7.05 Å². The summed E-state index contributed by atoms with van der Waals surface area (Å²) in [5, 5.41) is 10.1. The maximum atomic E-state index is 10.5. The van der Waals surface area contributed by atoms with E-state index in [0.717, 1.165) is 10.8 Å². The number of nitrogens with zero attached hydrogens (tertiary/aromatic N) is 2. The second-order valence-corrected chi connectivity index (χ2v) is 1.77. The maximum absolute atomic E-state index is 10.5. The Morgan fingerprint density at radius 3 is 2.60 bits per heavy atom. The summed E-state index contributed by atoms with van der Waals surface area (Å²) in [6.07, 6.45) is 1.06. The van der Waals surface area contributed by atoms with Crippen LogP contribution in [0.1, 0.15) is 0 Å². The number of H-pyrrole nitrogens is 1. The van der Waals surface area contributed by atoms with Gasteiger partial charge in [0.2, 0.25) is 0 Å². The van der Waals surface area contributed by atoms with Crippen LogP contribution in [0.5, 0.6) is 0 Å². The van der Waals surface area contributed by atoms with Crippen LogP contribution in [0, 0.1) is 10.1 Å². The van der Waals surface area contributed by atoms with Crippen molar-refractivity contribution < 1.29 is 4.92 Å². The molecule has 54 valence electrons. The Morgan fingerprint density at radius 2 is 2.40 bits per heavy atom. The minimum atomic E-state index is -0.627. The molecule has 1 heterocycles. The summed E-state index contributed by atoms with van der Waals surface area (Å²) in [6.45, 7) is 0. The lowest BCUT2D eigenvalue weighted by Crippen LogP contribution is -2.13. The molecule has 1 aromatic rings. The van der Waals surface area contributed by atoms with Crippen molar-refractivity contribution in [3.63, 3.8) is 0 Å². The van der Waals surface area contributed by atoms with Crippen LogP contribution in [0.2, 0.25) is 0 Å². The summed E-state index contributed by atoms with van der Waals surface area (Å²) in [5.41, 5.74) is -0.480. The van der Waals surface area contributed by atoms with Crippen molar-refractivity contribution in [3.05, 3.63) is 26.8 Å². The molecule has 1 rings (SSSR count). The van der Waals surface area contributed by atoms with E-state index >= 15 is 0 Å². The molecule has 0 saturated carbocycles. The number of nitro groups is 1. The van der Waals surface area contributed by atoms with Gasteiger partial charge in [-0.25, -0.2) is 4.79 Å². The summed E-state index contributed by atoms with van der Waals surface area (Å²) >= 11 is 0. The van der Waals surface area contributed by atoms with Crippen molar-refractivity contribution in [1.29, 1.82) is 0 Å². The Morgan fingerprint density at radius 1 is 1.80 bits per heavy atom. The molecule has 6 nitrogen and oxygen atoms in total. The van der Waals surface area contributed by atoms with Crippen LogP contribution in [0.15, 0.2) is 11.0 Å². The zero-order valence-electron chi connectivity index (χ0n) is 5.20. The second-order valence-electron chi connectivity index (χ2n) is 1.77. The van der Waals surface area contributed by atoms with E-state index in [-0.39, 0.29) is 5.82 Å². The van der Waals surface area contributed by atoms with E-state index < -0.39 is 10.6 Å². The molecule has 0 aromatic carbocycles. The first kappa shape index (κ1) is 6.53. The predicted molar refractivity (Wildman–Crippen MR) is 32.7 cm³/mol. The molecule has 0 amide bonds. The summed E-state index contributed by atoms with van der Waals surface area (Å²) in [6, 6.07) is 0. The van der Waals surface area contributed by atoms with Gasteiger partial charge in [0.1, 0.15) is 6.20 Å². The normalized spacial score (nSPS) is 9.70. The van der Waals surface area contributed by atoms with Gasteiger partial charge in [-0.2, -0.15) is 4.57 Å². The standard InChI is InChI=1S/C4H5N3O3/c1-6-3(7(9)10)2-5-4(6)8/h2H,1H3,(H,5,8).